The van der Waals surface area contributed by atoms with Gasteiger partial charge in [-0.05, 0) is 30.5 Å². The molecule has 1 rings (SSSR count). The molecule has 0 heterocycles. The van der Waals surface area contributed by atoms with Gasteiger partial charge >= 0.3 is 0 Å². The van der Waals surface area contributed by atoms with Crippen LogP contribution in [0.4, 0.5) is 0 Å². The summed E-state index contributed by atoms with van der Waals surface area (Å²) in [6.45, 7) is 8.85. The van der Waals surface area contributed by atoms with Crippen molar-refractivity contribution in [2.24, 2.45) is 5.73 Å². The summed E-state index contributed by atoms with van der Waals surface area (Å²) in [5.41, 5.74) is 8.64. The number of hydrogen-bond donors (Lipinski definition) is 1. The Bertz CT molecular complexity index is 311. The minimum absolute atomic E-state index is 0.477. The molecular weight excluding hydrogens is 174 g/mol. The molecule has 0 aromatic heterocycles. The summed E-state index contributed by atoms with van der Waals surface area (Å²) in [4.78, 5) is 0. The fraction of sp³-hybridized carbons (Fsp3) is 0.333. The largest absolute Gasteiger partial charge is 0.489 e. The molecular formula is C12H17NO. The summed E-state index contributed by atoms with van der Waals surface area (Å²) >= 11 is 0. The first-order valence-electron chi connectivity index (χ1n) is 4.71. The van der Waals surface area contributed by atoms with E-state index in [0.717, 1.165) is 22.4 Å². The Hall–Kier alpha value is -1.28. The van der Waals surface area contributed by atoms with E-state index >= 15 is 0 Å². The first-order chi connectivity index (χ1) is 6.65. The molecule has 0 saturated heterocycles. The van der Waals surface area contributed by atoms with Crippen LogP contribution in [-0.2, 0) is 0 Å². The predicted octanol–water partition coefficient (Wildman–Crippen LogP) is 2.20. The number of hydrogen-bond acceptors (Lipinski definition) is 2. The van der Waals surface area contributed by atoms with Crippen LogP contribution in [-0.4, -0.2) is 13.2 Å². The van der Waals surface area contributed by atoms with E-state index in [1.165, 1.54) is 0 Å². The summed E-state index contributed by atoms with van der Waals surface area (Å²) in [6, 6.07) is 6.09. The lowest BCUT2D eigenvalue weighted by Gasteiger charge is -2.12. The van der Waals surface area contributed by atoms with Crippen LogP contribution in [0, 0.1) is 13.8 Å². The molecule has 14 heavy (non-hydrogen) atoms. The van der Waals surface area contributed by atoms with Crippen LogP contribution in [0.25, 0.3) is 0 Å². The van der Waals surface area contributed by atoms with E-state index in [2.05, 4.69) is 6.58 Å². The first kappa shape index (κ1) is 10.8. The second-order valence-electron chi connectivity index (χ2n) is 3.46. The SMILES string of the molecule is C=C(CN)COc1c(C)cccc1C. The van der Waals surface area contributed by atoms with E-state index in [4.69, 9.17) is 10.5 Å². The van der Waals surface area contributed by atoms with Crippen molar-refractivity contribution in [3.8, 4) is 5.75 Å². The molecule has 0 aliphatic heterocycles. The van der Waals surface area contributed by atoms with Gasteiger partial charge in [0.15, 0.2) is 0 Å². The minimum atomic E-state index is 0.477. The predicted molar refractivity (Wildman–Crippen MR) is 59.6 cm³/mol. The lowest BCUT2D eigenvalue weighted by molar-refractivity contribution is 0.346. The smallest absolute Gasteiger partial charge is 0.125 e. The van der Waals surface area contributed by atoms with Crippen LogP contribution in [0.2, 0.25) is 0 Å². The van der Waals surface area contributed by atoms with Crippen molar-refractivity contribution < 1.29 is 4.74 Å². The number of benzene rings is 1. The molecule has 0 aliphatic carbocycles. The summed E-state index contributed by atoms with van der Waals surface area (Å²) in [7, 11) is 0. The second kappa shape index (κ2) is 4.82. The lowest BCUT2D eigenvalue weighted by atomic mass is 10.1. The molecule has 1 aromatic carbocycles. The zero-order valence-electron chi connectivity index (χ0n) is 8.84. The van der Waals surface area contributed by atoms with Crippen LogP contribution < -0.4 is 10.5 Å². The third kappa shape index (κ3) is 2.60. The van der Waals surface area contributed by atoms with Crippen molar-refractivity contribution in [3.63, 3.8) is 0 Å². The number of para-hydroxylation sites is 1. The zero-order chi connectivity index (χ0) is 10.6. The van der Waals surface area contributed by atoms with Gasteiger partial charge in [-0.3, -0.25) is 0 Å². The van der Waals surface area contributed by atoms with Crippen LogP contribution in [0.1, 0.15) is 11.1 Å². The van der Waals surface area contributed by atoms with Gasteiger partial charge in [-0.15, -0.1) is 0 Å². The van der Waals surface area contributed by atoms with Gasteiger partial charge in [-0.2, -0.15) is 0 Å². The first-order valence-corrected chi connectivity index (χ1v) is 4.71. The molecule has 2 heteroatoms. The molecule has 0 radical (unpaired) electrons. The Kier molecular flexibility index (Phi) is 3.72. The van der Waals surface area contributed by atoms with Crippen molar-refractivity contribution in [2.75, 3.05) is 13.2 Å². The van der Waals surface area contributed by atoms with Gasteiger partial charge in [0.2, 0.25) is 0 Å². The summed E-state index contributed by atoms with van der Waals surface area (Å²) < 4.78 is 5.64. The fourth-order valence-electron chi connectivity index (χ4n) is 1.26. The van der Waals surface area contributed by atoms with E-state index in [1.54, 1.807) is 0 Å². The van der Waals surface area contributed by atoms with Gasteiger partial charge in [0, 0.05) is 6.54 Å². The monoisotopic (exact) mass is 191 g/mol. The molecule has 0 bridgehead atoms. The third-order valence-electron chi connectivity index (χ3n) is 2.12. The summed E-state index contributed by atoms with van der Waals surface area (Å²) in [6.07, 6.45) is 0. The van der Waals surface area contributed by atoms with Crippen LogP contribution in [0.3, 0.4) is 0 Å². The maximum atomic E-state index is 5.64. The van der Waals surface area contributed by atoms with Gasteiger partial charge in [-0.1, -0.05) is 24.8 Å². The molecule has 2 nitrogen and oxygen atoms in total. The molecule has 2 N–H and O–H groups in total. The molecule has 1 aromatic rings. The van der Waals surface area contributed by atoms with E-state index in [0.29, 0.717) is 13.2 Å². The molecule has 76 valence electrons. The number of rotatable bonds is 4. The highest BCUT2D eigenvalue weighted by atomic mass is 16.5. The Labute approximate surface area is 85.4 Å². The topological polar surface area (TPSA) is 35.2 Å². The van der Waals surface area contributed by atoms with Gasteiger partial charge in [-0.25, -0.2) is 0 Å². The van der Waals surface area contributed by atoms with Crippen LogP contribution in [0.15, 0.2) is 30.4 Å². The van der Waals surface area contributed by atoms with E-state index in [-0.39, 0.29) is 0 Å². The maximum Gasteiger partial charge on any atom is 0.125 e. The molecule has 0 unspecified atom stereocenters. The van der Waals surface area contributed by atoms with Crippen molar-refractivity contribution in [1.29, 1.82) is 0 Å². The quantitative estimate of drug-likeness (QED) is 0.740. The molecule has 0 fully saturated rings. The van der Waals surface area contributed by atoms with E-state index in [1.807, 2.05) is 32.0 Å². The maximum absolute atomic E-state index is 5.64. The molecule has 0 spiro atoms. The zero-order valence-corrected chi connectivity index (χ0v) is 8.84. The Morgan fingerprint density at radius 2 is 1.93 bits per heavy atom. The summed E-state index contributed by atoms with van der Waals surface area (Å²) in [5, 5.41) is 0. The van der Waals surface area contributed by atoms with Gasteiger partial charge < -0.3 is 10.5 Å². The number of aryl methyl sites for hydroxylation is 2. The fourth-order valence-corrected chi connectivity index (χ4v) is 1.26. The average molecular weight is 191 g/mol. The Morgan fingerprint density at radius 3 is 2.43 bits per heavy atom. The normalized spacial score (nSPS) is 9.93. The minimum Gasteiger partial charge on any atom is -0.489 e. The highest BCUT2D eigenvalue weighted by molar-refractivity contribution is 5.39. The van der Waals surface area contributed by atoms with Crippen molar-refractivity contribution in [1.82, 2.24) is 0 Å². The Balaban J connectivity index is 2.71. The van der Waals surface area contributed by atoms with Gasteiger partial charge in [0.05, 0.1) is 0 Å². The molecule has 0 aliphatic rings. The molecule has 0 amide bonds. The summed E-state index contributed by atoms with van der Waals surface area (Å²) in [5.74, 6) is 0.946. The highest BCUT2D eigenvalue weighted by Crippen LogP contribution is 2.22. The van der Waals surface area contributed by atoms with Crippen molar-refractivity contribution in [2.45, 2.75) is 13.8 Å². The number of nitrogens with two attached hydrogens (primary N) is 1. The Morgan fingerprint density at radius 1 is 1.36 bits per heavy atom. The average Bonchev–Trinajstić information content (AvgIpc) is 2.16. The van der Waals surface area contributed by atoms with Crippen molar-refractivity contribution >= 4 is 0 Å². The van der Waals surface area contributed by atoms with E-state index < -0.39 is 0 Å². The molecule has 0 saturated carbocycles. The van der Waals surface area contributed by atoms with Crippen LogP contribution in [0.5, 0.6) is 5.75 Å². The third-order valence-corrected chi connectivity index (χ3v) is 2.12. The van der Waals surface area contributed by atoms with Gasteiger partial charge in [0.25, 0.3) is 0 Å². The highest BCUT2D eigenvalue weighted by Gasteiger charge is 2.02. The molecule has 0 atom stereocenters. The number of ether oxygens (including phenoxy) is 1. The van der Waals surface area contributed by atoms with Crippen molar-refractivity contribution in [3.05, 3.63) is 41.5 Å². The second-order valence-corrected chi connectivity index (χ2v) is 3.46. The standard InChI is InChI=1S/C12H17NO/c1-9(7-13)8-14-12-10(2)5-4-6-11(12)3/h4-6H,1,7-8,13H2,2-3H3. The lowest BCUT2D eigenvalue weighted by Crippen LogP contribution is -2.10. The van der Waals surface area contributed by atoms with Gasteiger partial charge in [0.1, 0.15) is 12.4 Å². The van der Waals surface area contributed by atoms with Crippen LogP contribution >= 0.6 is 0 Å². The van der Waals surface area contributed by atoms with E-state index in [9.17, 15) is 0 Å².